The largest absolute Gasteiger partial charge is 0.437 e. The number of rotatable bonds is 5. The van der Waals surface area contributed by atoms with Crippen molar-refractivity contribution >= 4 is 20.9 Å². The molecule has 1 N–H and O–H groups in total. The van der Waals surface area contributed by atoms with Crippen LogP contribution in [0.5, 0.6) is 11.6 Å². The predicted octanol–water partition coefficient (Wildman–Crippen LogP) is 3.32. The molecule has 0 unspecified atom stereocenters. The fourth-order valence-electron chi connectivity index (χ4n) is 3.12. The zero-order valence-corrected chi connectivity index (χ0v) is 18.0. The number of aromatic nitrogens is 5. The van der Waals surface area contributed by atoms with Gasteiger partial charge in [-0.15, -0.1) is 0 Å². The second kappa shape index (κ2) is 7.99. The molecule has 0 aromatic carbocycles. The number of fused-ring (bicyclic) bond motifs is 1. The fourth-order valence-corrected chi connectivity index (χ4v) is 4.17. The summed E-state index contributed by atoms with van der Waals surface area (Å²) in [5, 5.41) is 0. The van der Waals surface area contributed by atoms with Crippen LogP contribution in [0.4, 0.5) is 13.2 Å². The average molecular weight is 479 g/mol. The minimum absolute atomic E-state index is 0.0795. The molecule has 0 aliphatic carbocycles. The van der Waals surface area contributed by atoms with Gasteiger partial charge in [-0.25, -0.2) is 23.4 Å². The number of halogens is 3. The SMILES string of the molecule is CCS(=O)(=O)c1cc(Oc2ccccn2)cnc1-c1nc2c(=O)n(C)c(C(F)(F)F)cc2[nH]1. The summed E-state index contributed by atoms with van der Waals surface area (Å²) in [5.74, 6) is -0.165. The predicted molar refractivity (Wildman–Crippen MR) is 112 cm³/mol. The van der Waals surface area contributed by atoms with E-state index < -0.39 is 27.3 Å². The van der Waals surface area contributed by atoms with E-state index in [1.54, 1.807) is 18.2 Å². The van der Waals surface area contributed by atoms with Gasteiger partial charge in [-0.2, -0.15) is 13.2 Å². The lowest BCUT2D eigenvalue weighted by molar-refractivity contribution is -0.143. The fraction of sp³-hybridized carbons (Fsp3) is 0.200. The molecule has 0 saturated heterocycles. The van der Waals surface area contributed by atoms with E-state index >= 15 is 0 Å². The second-order valence-corrected chi connectivity index (χ2v) is 9.18. The van der Waals surface area contributed by atoms with Gasteiger partial charge in [0.25, 0.3) is 5.56 Å². The van der Waals surface area contributed by atoms with E-state index in [4.69, 9.17) is 4.74 Å². The Bertz CT molecular complexity index is 1510. The van der Waals surface area contributed by atoms with Crippen molar-refractivity contribution in [1.29, 1.82) is 0 Å². The molecule has 172 valence electrons. The molecule has 0 saturated carbocycles. The van der Waals surface area contributed by atoms with Gasteiger partial charge in [-0.1, -0.05) is 13.0 Å². The van der Waals surface area contributed by atoms with Crippen molar-refractivity contribution in [3.05, 3.63) is 58.8 Å². The maximum atomic E-state index is 13.3. The normalized spacial score (nSPS) is 12.3. The molecular formula is C20H16F3N5O4S. The van der Waals surface area contributed by atoms with Gasteiger partial charge >= 0.3 is 6.18 Å². The maximum Gasteiger partial charge on any atom is 0.431 e. The van der Waals surface area contributed by atoms with Crippen molar-refractivity contribution < 1.29 is 26.3 Å². The van der Waals surface area contributed by atoms with Gasteiger partial charge in [-0.05, 0) is 12.1 Å². The first-order valence-corrected chi connectivity index (χ1v) is 11.2. The van der Waals surface area contributed by atoms with Crippen LogP contribution in [0, 0.1) is 0 Å². The molecule has 4 aromatic heterocycles. The van der Waals surface area contributed by atoms with Gasteiger partial charge in [0.2, 0.25) is 5.88 Å². The van der Waals surface area contributed by atoms with Crippen molar-refractivity contribution in [2.45, 2.75) is 18.0 Å². The van der Waals surface area contributed by atoms with Crippen molar-refractivity contribution in [1.82, 2.24) is 24.5 Å². The van der Waals surface area contributed by atoms with E-state index in [2.05, 4.69) is 19.9 Å². The zero-order valence-electron chi connectivity index (χ0n) is 17.2. The molecule has 13 heteroatoms. The number of imidazole rings is 1. The third-order valence-electron chi connectivity index (χ3n) is 4.80. The summed E-state index contributed by atoms with van der Waals surface area (Å²) >= 11 is 0. The highest BCUT2D eigenvalue weighted by molar-refractivity contribution is 7.91. The Morgan fingerprint density at radius 2 is 1.94 bits per heavy atom. The Morgan fingerprint density at radius 3 is 2.58 bits per heavy atom. The molecule has 4 aromatic rings. The lowest BCUT2D eigenvalue weighted by atomic mass is 10.3. The number of pyridine rings is 3. The first kappa shape index (κ1) is 22.5. The monoisotopic (exact) mass is 479 g/mol. The number of alkyl halides is 3. The average Bonchev–Trinajstić information content (AvgIpc) is 3.20. The summed E-state index contributed by atoms with van der Waals surface area (Å²) in [6.07, 6.45) is -2.05. The van der Waals surface area contributed by atoms with E-state index in [0.29, 0.717) is 4.57 Å². The van der Waals surface area contributed by atoms with Crippen LogP contribution in [0.1, 0.15) is 12.6 Å². The van der Waals surface area contributed by atoms with Gasteiger partial charge in [0.05, 0.1) is 17.5 Å². The van der Waals surface area contributed by atoms with E-state index in [9.17, 15) is 26.4 Å². The maximum absolute atomic E-state index is 13.3. The zero-order chi connectivity index (χ0) is 24.0. The molecule has 33 heavy (non-hydrogen) atoms. The van der Waals surface area contributed by atoms with E-state index in [0.717, 1.165) is 13.1 Å². The quantitative estimate of drug-likeness (QED) is 0.466. The molecule has 4 rings (SSSR count). The van der Waals surface area contributed by atoms with Crippen molar-refractivity contribution in [2.24, 2.45) is 7.05 Å². The topological polar surface area (TPSA) is 120 Å². The molecule has 0 aliphatic heterocycles. The summed E-state index contributed by atoms with van der Waals surface area (Å²) in [6, 6.07) is 6.88. The molecule has 0 fully saturated rings. The van der Waals surface area contributed by atoms with Gasteiger partial charge in [0.15, 0.2) is 21.2 Å². The van der Waals surface area contributed by atoms with Crippen LogP contribution in [-0.2, 0) is 23.1 Å². The summed E-state index contributed by atoms with van der Waals surface area (Å²) in [4.78, 5) is 27.0. The van der Waals surface area contributed by atoms with Gasteiger partial charge < -0.3 is 14.3 Å². The first-order valence-electron chi connectivity index (χ1n) is 9.50. The van der Waals surface area contributed by atoms with Gasteiger partial charge in [0.1, 0.15) is 22.0 Å². The Labute approximate surface area is 184 Å². The van der Waals surface area contributed by atoms with Crippen LogP contribution in [-0.4, -0.2) is 38.7 Å². The highest BCUT2D eigenvalue weighted by Gasteiger charge is 2.35. The minimum Gasteiger partial charge on any atom is -0.437 e. The van der Waals surface area contributed by atoms with Gasteiger partial charge in [-0.3, -0.25) is 4.79 Å². The molecule has 0 amide bonds. The molecule has 0 atom stereocenters. The summed E-state index contributed by atoms with van der Waals surface area (Å²) in [5.41, 5.74) is -2.80. The van der Waals surface area contributed by atoms with Crippen LogP contribution < -0.4 is 10.3 Å². The van der Waals surface area contributed by atoms with Crippen LogP contribution in [0.15, 0.2) is 52.4 Å². The van der Waals surface area contributed by atoms with Crippen LogP contribution >= 0.6 is 0 Å². The van der Waals surface area contributed by atoms with Crippen molar-refractivity contribution in [3.63, 3.8) is 0 Å². The van der Waals surface area contributed by atoms with Crippen LogP contribution in [0.2, 0.25) is 0 Å². The van der Waals surface area contributed by atoms with E-state index in [1.807, 2.05) is 0 Å². The smallest absolute Gasteiger partial charge is 0.431 e. The number of nitrogens with one attached hydrogen (secondary N) is 1. The van der Waals surface area contributed by atoms with Gasteiger partial charge in [0, 0.05) is 25.4 Å². The number of nitrogens with zero attached hydrogens (tertiary/aromatic N) is 4. The van der Waals surface area contributed by atoms with Crippen LogP contribution in [0.25, 0.3) is 22.6 Å². The number of aromatic amines is 1. The Kier molecular flexibility index (Phi) is 5.44. The number of hydrogen-bond donors (Lipinski definition) is 1. The van der Waals surface area contributed by atoms with Crippen molar-refractivity contribution in [3.8, 4) is 23.1 Å². The second-order valence-electron chi connectivity index (χ2n) is 6.93. The molecule has 4 heterocycles. The summed E-state index contributed by atoms with van der Waals surface area (Å²) < 4.78 is 71.3. The molecule has 0 spiro atoms. The lowest BCUT2D eigenvalue weighted by Crippen LogP contribution is -2.25. The number of sulfone groups is 1. The molecule has 9 nitrogen and oxygen atoms in total. The molecule has 0 bridgehead atoms. The third kappa shape index (κ3) is 4.18. The molecule has 0 radical (unpaired) electrons. The van der Waals surface area contributed by atoms with Crippen molar-refractivity contribution in [2.75, 3.05) is 5.75 Å². The Balaban J connectivity index is 1.89. The third-order valence-corrected chi connectivity index (χ3v) is 6.54. The van der Waals surface area contributed by atoms with E-state index in [1.165, 1.54) is 25.4 Å². The molecule has 0 aliphatic rings. The minimum atomic E-state index is -4.77. The summed E-state index contributed by atoms with van der Waals surface area (Å²) in [7, 11) is -2.89. The summed E-state index contributed by atoms with van der Waals surface area (Å²) in [6.45, 7) is 1.43. The number of ether oxygens (including phenoxy) is 1. The highest BCUT2D eigenvalue weighted by atomic mass is 32.2. The lowest BCUT2D eigenvalue weighted by Gasteiger charge is -2.10. The first-order chi connectivity index (χ1) is 15.5. The van der Waals surface area contributed by atoms with Crippen LogP contribution in [0.3, 0.4) is 0 Å². The van der Waals surface area contributed by atoms with E-state index in [-0.39, 0.29) is 44.8 Å². The standard InChI is InChI=1S/C20H16F3N5O4S/c1-3-33(30,31)13-8-11(32-15-6-4-5-7-24-15)10-25-17(13)18-26-12-9-14(20(21,22)23)28(2)19(29)16(12)27-18/h4-10H,3H2,1-2H3,(H,26,27). The highest BCUT2D eigenvalue weighted by Crippen LogP contribution is 2.32. The Morgan fingerprint density at radius 1 is 1.18 bits per heavy atom. The number of H-pyrrole nitrogens is 1. The molecular weight excluding hydrogens is 463 g/mol. The number of hydrogen-bond acceptors (Lipinski definition) is 7. The Hall–Kier alpha value is -3.74.